The summed E-state index contributed by atoms with van der Waals surface area (Å²) < 4.78 is 11.9. The van der Waals surface area contributed by atoms with Crippen LogP contribution in [0.5, 0.6) is 11.5 Å². The highest BCUT2D eigenvalue weighted by Gasteiger charge is 2.36. The molecule has 0 bridgehead atoms. The standard InChI is InChI=1S/C22H20BrClN2O5S/c1-3-30-17-10-13(9-14(23)20(17)31-4-2)11-18-21(28)26(22(29)32-18)12-19(27)25-16-8-6-5-7-15(16)24/h5-11H,3-4,12H2,1-2H3,(H,25,27)/b18-11+. The highest BCUT2D eigenvalue weighted by atomic mass is 79.9. The van der Waals surface area contributed by atoms with E-state index in [0.29, 0.717) is 45.5 Å². The molecule has 32 heavy (non-hydrogen) atoms. The van der Waals surface area contributed by atoms with E-state index < -0.39 is 23.6 Å². The van der Waals surface area contributed by atoms with Gasteiger partial charge in [-0.2, -0.15) is 0 Å². The first kappa shape index (κ1) is 24.2. The lowest BCUT2D eigenvalue weighted by atomic mass is 10.2. The van der Waals surface area contributed by atoms with Crippen LogP contribution < -0.4 is 14.8 Å². The minimum Gasteiger partial charge on any atom is -0.490 e. The molecular formula is C22H20BrClN2O5S. The first-order chi connectivity index (χ1) is 15.3. The molecule has 0 saturated carbocycles. The Kier molecular flexibility index (Phi) is 8.22. The molecule has 1 heterocycles. The average molecular weight is 540 g/mol. The minimum absolute atomic E-state index is 0.207. The van der Waals surface area contributed by atoms with Crippen LogP contribution in [0.1, 0.15) is 19.4 Å². The van der Waals surface area contributed by atoms with Crippen molar-refractivity contribution in [1.29, 1.82) is 0 Å². The maximum absolute atomic E-state index is 12.8. The Bertz CT molecular complexity index is 1090. The number of thioether (sulfide) groups is 1. The van der Waals surface area contributed by atoms with Gasteiger partial charge in [0.05, 0.1) is 33.3 Å². The third-order valence-electron chi connectivity index (χ3n) is 4.24. The number of carbonyl (C=O) groups is 3. The number of imide groups is 1. The van der Waals surface area contributed by atoms with Crippen molar-refractivity contribution in [1.82, 2.24) is 4.90 Å². The smallest absolute Gasteiger partial charge is 0.294 e. The van der Waals surface area contributed by atoms with E-state index in [1.54, 1.807) is 42.5 Å². The molecule has 1 aliphatic rings. The van der Waals surface area contributed by atoms with E-state index in [9.17, 15) is 14.4 Å². The highest BCUT2D eigenvalue weighted by molar-refractivity contribution is 9.10. The maximum Gasteiger partial charge on any atom is 0.294 e. The molecule has 2 aromatic carbocycles. The number of halogens is 2. The van der Waals surface area contributed by atoms with Crippen molar-refractivity contribution in [3.8, 4) is 11.5 Å². The summed E-state index contributed by atoms with van der Waals surface area (Å²) in [6.45, 7) is 4.22. The molecule has 0 aromatic heterocycles. The topological polar surface area (TPSA) is 84.9 Å². The predicted octanol–water partition coefficient (Wildman–Crippen LogP) is 5.57. The van der Waals surface area contributed by atoms with Crippen molar-refractivity contribution in [3.63, 3.8) is 0 Å². The number of para-hydroxylation sites is 1. The quantitative estimate of drug-likeness (QED) is 0.441. The van der Waals surface area contributed by atoms with Gasteiger partial charge in [0, 0.05) is 0 Å². The molecule has 1 aliphatic heterocycles. The predicted molar refractivity (Wildman–Crippen MR) is 129 cm³/mol. The van der Waals surface area contributed by atoms with Gasteiger partial charge < -0.3 is 14.8 Å². The van der Waals surface area contributed by atoms with Gasteiger partial charge in [-0.25, -0.2) is 0 Å². The highest BCUT2D eigenvalue weighted by Crippen LogP contribution is 2.39. The van der Waals surface area contributed by atoms with Crippen molar-refractivity contribution in [2.24, 2.45) is 0 Å². The molecule has 168 valence electrons. The molecule has 3 amide bonds. The molecule has 0 radical (unpaired) electrons. The second-order valence-electron chi connectivity index (χ2n) is 6.49. The van der Waals surface area contributed by atoms with Gasteiger partial charge in [-0.05, 0) is 77.4 Å². The average Bonchev–Trinajstić information content (AvgIpc) is 3.00. The Morgan fingerprint density at radius 3 is 2.59 bits per heavy atom. The zero-order chi connectivity index (χ0) is 23.3. The lowest BCUT2D eigenvalue weighted by molar-refractivity contribution is -0.127. The molecule has 7 nitrogen and oxygen atoms in total. The summed E-state index contributed by atoms with van der Waals surface area (Å²) in [6, 6.07) is 10.2. The van der Waals surface area contributed by atoms with E-state index in [1.807, 2.05) is 13.8 Å². The lowest BCUT2D eigenvalue weighted by Crippen LogP contribution is -2.36. The first-order valence-electron chi connectivity index (χ1n) is 9.72. The summed E-state index contributed by atoms with van der Waals surface area (Å²) in [5, 5.41) is 2.45. The Hall–Kier alpha value is -2.49. The molecule has 0 unspecified atom stereocenters. The van der Waals surface area contributed by atoms with Crippen LogP contribution in [0.25, 0.3) is 6.08 Å². The Morgan fingerprint density at radius 2 is 1.91 bits per heavy atom. The summed E-state index contributed by atoms with van der Waals surface area (Å²) in [4.78, 5) is 38.6. The molecule has 0 aliphatic carbocycles. The molecule has 1 N–H and O–H groups in total. The van der Waals surface area contributed by atoms with Gasteiger partial charge in [-0.15, -0.1) is 0 Å². The van der Waals surface area contributed by atoms with Crippen LogP contribution in [0.2, 0.25) is 5.02 Å². The fourth-order valence-corrected chi connectivity index (χ4v) is 4.50. The van der Waals surface area contributed by atoms with E-state index >= 15 is 0 Å². The third-order valence-corrected chi connectivity index (χ3v) is 6.07. The van der Waals surface area contributed by atoms with Crippen molar-refractivity contribution in [2.45, 2.75) is 13.8 Å². The molecule has 0 atom stereocenters. The summed E-state index contributed by atoms with van der Waals surface area (Å²) in [6.07, 6.45) is 1.58. The monoisotopic (exact) mass is 538 g/mol. The van der Waals surface area contributed by atoms with Crippen molar-refractivity contribution < 1.29 is 23.9 Å². The second-order valence-corrected chi connectivity index (χ2v) is 8.75. The van der Waals surface area contributed by atoms with Gasteiger partial charge in [-0.1, -0.05) is 23.7 Å². The number of hydrogen-bond donors (Lipinski definition) is 1. The SMILES string of the molecule is CCOc1cc(/C=C2/SC(=O)N(CC(=O)Nc3ccccc3Cl)C2=O)cc(Br)c1OCC. The number of nitrogens with one attached hydrogen (secondary N) is 1. The molecule has 1 fully saturated rings. The number of rotatable bonds is 8. The zero-order valence-corrected chi connectivity index (χ0v) is 20.5. The van der Waals surface area contributed by atoms with Gasteiger partial charge in [0.2, 0.25) is 5.91 Å². The van der Waals surface area contributed by atoms with E-state index in [-0.39, 0.29) is 4.91 Å². The molecule has 1 saturated heterocycles. The van der Waals surface area contributed by atoms with Crippen molar-refractivity contribution in [3.05, 3.63) is 56.4 Å². The van der Waals surface area contributed by atoms with Crippen LogP contribution in [0.3, 0.4) is 0 Å². The van der Waals surface area contributed by atoms with Gasteiger partial charge in [0.15, 0.2) is 11.5 Å². The van der Waals surface area contributed by atoms with Crippen LogP contribution in [-0.4, -0.2) is 41.7 Å². The van der Waals surface area contributed by atoms with Crippen LogP contribution in [-0.2, 0) is 9.59 Å². The van der Waals surface area contributed by atoms with Crippen molar-refractivity contribution >= 4 is 68.1 Å². The number of benzene rings is 2. The number of ether oxygens (including phenoxy) is 2. The Morgan fingerprint density at radius 1 is 1.19 bits per heavy atom. The summed E-state index contributed by atoms with van der Waals surface area (Å²) in [5.74, 6) is 0.0190. The Labute approximate surface area is 203 Å². The zero-order valence-electron chi connectivity index (χ0n) is 17.3. The third kappa shape index (κ3) is 5.65. The number of nitrogens with zero attached hydrogens (tertiary/aromatic N) is 1. The number of carbonyl (C=O) groups excluding carboxylic acids is 3. The normalized spacial score (nSPS) is 14.8. The number of hydrogen-bond acceptors (Lipinski definition) is 6. The second kappa shape index (κ2) is 10.9. The fraction of sp³-hybridized carbons (Fsp3) is 0.227. The number of amides is 3. The van der Waals surface area contributed by atoms with Crippen LogP contribution in [0.15, 0.2) is 45.8 Å². The van der Waals surface area contributed by atoms with E-state index in [0.717, 1.165) is 16.7 Å². The lowest BCUT2D eigenvalue weighted by Gasteiger charge is -2.14. The molecule has 2 aromatic rings. The molecule has 10 heteroatoms. The Balaban J connectivity index is 1.78. The molecular weight excluding hydrogens is 520 g/mol. The minimum atomic E-state index is -0.544. The van der Waals surface area contributed by atoms with Crippen molar-refractivity contribution in [2.75, 3.05) is 25.1 Å². The van der Waals surface area contributed by atoms with Crippen LogP contribution in [0, 0.1) is 0 Å². The summed E-state index contributed by atoms with van der Waals surface area (Å²) in [7, 11) is 0. The van der Waals surface area contributed by atoms with Crippen LogP contribution in [0.4, 0.5) is 10.5 Å². The first-order valence-corrected chi connectivity index (χ1v) is 11.7. The van der Waals surface area contributed by atoms with E-state index in [1.165, 1.54) is 0 Å². The van der Waals surface area contributed by atoms with E-state index in [2.05, 4.69) is 21.2 Å². The van der Waals surface area contributed by atoms with Gasteiger partial charge in [-0.3, -0.25) is 19.3 Å². The summed E-state index contributed by atoms with van der Waals surface area (Å²) >= 11 is 10.3. The van der Waals surface area contributed by atoms with Crippen LogP contribution >= 0.6 is 39.3 Å². The number of anilines is 1. The molecule has 3 rings (SSSR count). The van der Waals surface area contributed by atoms with E-state index in [4.69, 9.17) is 21.1 Å². The fourth-order valence-electron chi connectivity index (χ4n) is 2.90. The van der Waals surface area contributed by atoms with Gasteiger partial charge >= 0.3 is 0 Å². The maximum atomic E-state index is 12.8. The summed E-state index contributed by atoms with van der Waals surface area (Å²) in [5.41, 5.74) is 1.05. The van der Waals surface area contributed by atoms with Gasteiger partial charge in [0.1, 0.15) is 6.54 Å². The van der Waals surface area contributed by atoms with Gasteiger partial charge in [0.25, 0.3) is 11.1 Å². The largest absolute Gasteiger partial charge is 0.490 e. The molecule has 0 spiro atoms.